The van der Waals surface area contributed by atoms with Crippen molar-refractivity contribution in [2.45, 2.75) is 26.2 Å². The number of hydrogen-bond acceptors (Lipinski definition) is 6. The Morgan fingerprint density at radius 2 is 1.80 bits per heavy atom. The van der Waals surface area contributed by atoms with Crippen LogP contribution in [-0.4, -0.2) is 37.7 Å². The molecule has 2 aromatic carbocycles. The van der Waals surface area contributed by atoms with Crippen LogP contribution in [0.3, 0.4) is 0 Å². The summed E-state index contributed by atoms with van der Waals surface area (Å²) in [4.78, 5) is 39.3. The quantitative estimate of drug-likeness (QED) is 0.437. The lowest BCUT2D eigenvalue weighted by atomic mass is 9.93. The molecule has 0 bridgehead atoms. The second-order valence-corrected chi connectivity index (χ2v) is 8.09. The van der Waals surface area contributed by atoms with Crippen LogP contribution in [0.15, 0.2) is 58.0 Å². The molecule has 0 aliphatic heterocycles. The Balaban J connectivity index is 1.62. The second-order valence-electron chi connectivity index (χ2n) is 8.09. The van der Waals surface area contributed by atoms with Gasteiger partial charge in [0.25, 0.3) is 11.8 Å². The topological polar surface area (TPSA) is 101 Å². The van der Waals surface area contributed by atoms with Gasteiger partial charge in [-0.15, -0.1) is 0 Å². The number of nitrogens with zero attached hydrogens (tertiary/aromatic N) is 2. The third kappa shape index (κ3) is 4.70. The number of hydrogen-bond donors (Lipinski definition) is 1. The van der Waals surface area contributed by atoms with Crippen LogP contribution < -0.4 is 10.3 Å². The standard InChI is InChI=1S/C26H24FN3O5/c1-15-22-19(28-29-24(31)16-11-13-17(27)14-12-16)8-6-10-21(22)35-23(15)25(32)30(2)20-9-5-4-7-18(20)26(33)34-3/h4-5,7,9,11-14H,6,8,10H2,1-3H3,(H,29,31)/b28-19+. The third-order valence-electron chi connectivity index (χ3n) is 5.89. The molecule has 0 unspecified atom stereocenters. The van der Waals surface area contributed by atoms with E-state index in [1.165, 1.54) is 36.3 Å². The van der Waals surface area contributed by atoms with Gasteiger partial charge in [0, 0.05) is 30.2 Å². The molecule has 3 aromatic rings. The molecule has 1 aromatic heterocycles. The number of hydrazone groups is 1. The Labute approximate surface area is 201 Å². The van der Waals surface area contributed by atoms with Crippen molar-refractivity contribution in [3.8, 4) is 0 Å². The molecule has 0 atom stereocenters. The summed E-state index contributed by atoms with van der Waals surface area (Å²) in [6, 6.07) is 11.8. The number of para-hydroxylation sites is 1. The number of methoxy groups -OCH3 is 1. The minimum atomic E-state index is -0.554. The maximum absolute atomic E-state index is 13.4. The Kier molecular flexibility index (Phi) is 6.77. The van der Waals surface area contributed by atoms with Gasteiger partial charge in [0.2, 0.25) is 0 Å². The van der Waals surface area contributed by atoms with E-state index in [-0.39, 0.29) is 16.9 Å². The third-order valence-corrected chi connectivity index (χ3v) is 5.89. The summed E-state index contributed by atoms with van der Waals surface area (Å²) in [5.74, 6) is -1.14. The number of carbonyl (C=O) groups is 3. The Morgan fingerprint density at radius 3 is 2.51 bits per heavy atom. The number of nitrogens with one attached hydrogen (secondary N) is 1. The summed E-state index contributed by atoms with van der Waals surface area (Å²) in [5.41, 5.74) is 5.31. The van der Waals surface area contributed by atoms with Crippen molar-refractivity contribution in [1.82, 2.24) is 5.43 Å². The number of esters is 1. The van der Waals surface area contributed by atoms with Crippen molar-refractivity contribution in [3.05, 3.63) is 88.1 Å². The van der Waals surface area contributed by atoms with Crippen LogP contribution in [0.1, 0.15) is 61.0 Å². The lowest BCUT2D eigenvalue weighted by molar-refractivity contribution is 0.0601. The molecule has 4 rings (SSSR count). The predicted octanol–water partition coefficient (Wildman–Crippen LogP) is 4.26. The highest BCUT2D eigenvalue weighted by Gasteiger charge is 2.30. The van der Waals surface area contributed by atoms with Crippen LogP contribution in [0, 0.1) is 12.7 Å². The first kappa shape index (κ1) is 23.9. The number of carbonyl (C=O) groups excluding carboxylic acids is 3. The van der Waals surface area contributed by atoms with Gasteiger partial charge < -0.3 is 14.1 Å². The number of aryl methyl sites for hydroxylation is 1. The average molecular weight is 477 g/mol. The first-order chi connectivity index (χ1) is 16.8. The number of amides is 2. The van der Waals surface area contributed by atoms with E-state index in [9.17, 15) is 18.8 Å². The molecule has 180 valence electrons. The molecule has 0 spiro atoms. The minimum absolute atomic E-state index is 0.136. The number of ether oxygens (including phenoxy) is 1. The van der Waals surface area contributed by atoms with Crippen molar-refractivity contribution in [2.24, 2.45) is 5.10 Å². The van der Waals surface area contributed by atoms with Gasteiger partial charge in [-0.1, -0.05) is 12.1 Å². The van der Waals surface area contributed by atoms with E-state index in [0.717, 1.165) is 6.42 Å². The summed E-state index contributed by atoms with van der Waals surface area (Å²) in [7, 11) is 2.84. The normalized spacial score (nSPS) is 13.8. The molecule has 0 fully saturated rings. The smallest absolute Gasteiger partial charge is 0.339 e. The van der Waals surface area contributed by atoms with Gasteiger partial charge in [-0.05, 0) is 56.2 Å². The molecule has 1 aliphatic rings. The molecular formula is C26H24FN3O5. The van der Waals surface area contributed by atoms with Gasteiger partial charge in [-0.25, -0.2) is 14.6 Å². The van der Waals surface area contributed by atoms with Crippen LogP contribution in [-0.2, 0) is 11.2 Å². The molecule has 1 heterocycles. The number of anilines is 1. The Bertz CT molecular complexity index is 1330. The summed E-state index contributed by atoms with van der Waals surface area (Å²) in [6.07, 6.45) is 1.95. The maximum atomic E-state index is 13.4. The van der Waals surface area contributed by atoms with Gasteiger partial charge in [-0.3, -0.25) is 9.59 Å². The minimum Gasteiger partial charge on any atom is -0.465 e. The van der Waals surface area contributed by atoms with Gasteiger partial charge in [0.15, 0.2) is 5.76 Å². The number of benzene rings is 2. The van der Waals surface area contributed by atoms with E-state index in [2.05, 4.69) is 10.5 Å². The zero-order valence-electron chi connectivity index (χ0n) is 19.6. The first-order valence-corrected chi connectivity index (χ1v) is 11.0. The zero-order valence-corrected chi connectivity index (χ0v) is 19.6. The molecule has 35 heavy (non-hydrogen) atoms. The van der Waals surface area contributed by atoms with Crippen LogP contribution >= 0.6 is 0 Å². The Morgan fingerprint density at radius 1 is 1.09 bits per heavy atom. The fourth-order valence-electron chi connectivity index (χ4n) is 4.08. The summed E-state index contributed by atoms with van der Waals surface area (Å²) < 4.78 is 23.9. The second kappa shape index (κ2) is 9.92. The summed E-state index contributed by atoms with van der Waals surface area (Å²) in [5, 5.41) is 4.29. The van der Waals surface area contributed by atoms with Crippen LogP contribution in [0.4, 0.5) is 10.1 Å². The summed E-state index contributed by atoms with van der Waals surface area (Å²) >= 11 is 0. The van der Waals surface area contributed by atoms with Gasteiger partial charge in [-0.2, -0.15) is 5.10 Å². The molecule has 1 aliphatic carbocycles. The number of fused-ring (bicyclic) bond motifs is 1. The van der Waals surface area contributed by atoms with Crippen molar-refractivity contribution in [3.63, 3.8) is 0 Å². The number of rotatable bonds is 5. The van der Waals surface area contributed by atoms with Crippen LogP contribution in [0.5, 0.6) is 0 Å². The van der Waals surface area contributed by atoms with Crippen LogP contribution in [0.2, 0.25) is 0 Å². The fraction of sp³-hybridized carbons (Fsp3) is 0.231. The van der Waals surface area contributed by atoms with Gasteiger partial charge in [0.05, 0.1) is 24.1 Å². The number of halogens is 1. The lowest BCUT2D eigenvalue weighted by Crippen LogP contribution is -2.28. The molecule has 2 amide bonds. The molecule has 9 heteroatoms. The first-order valence-electron chi connectivity index (χ1n) is 11.0. The van der Waals surface area contributed by atoms with E-state index in [0.29, 0.717) is 41.1 Å². The van der Waals surface area contributed by atoms with E-state index < -0.39 is 23.6 Å². The fourth-order valence-corrected chi connectivity index (χ4v) is 4.08. The lowest BCUT2D eigenvalue weighted by Gasteiger charge is -2.19. The summed E-state index contributed by atoms with van der Waals surface area (Å²) in [6.45, 7) is 1.76. The molecule has 1 N–H and O–H groups in total. The molecule has 0 saturated heterocycles. The molecule has 8 nitrogen and oxygen atoms in total. The average Bonchev–Trinajstić information content (AvgIpc) is 3.23. The SMILES string of the molecule is COC(=O)c1ccccc1N(C)C(=O)c1oc2c(c1C)/C(=N/NC(=O)c1ccc(F)cc1)CCC2. The molecular weight excluding hydrogens is 453 g/mol. The highest BCUT2D eigenvalue weighted by atomic mass is 19.1. The monoisotopic (exact) mass is 477 g/mol. The van der Waals surface area contributed by atoms with Crippen molar-refractivity contribution < 1.29 is 27.9 Å². The van der Waals surface area contributed by atoms with E-state index in [4.69, 9.17) is 9.15 Å². The highest BCUT2D eigenvalue weighted by molar-refractivity contribution is 6.12. The van der Waals surface area contributed by atoms with E-state index >= 15 is 0 Å². The Hall–Kier alpha value is -4.27. The maximum Gasteiger partial charge on any atom is 0.339 e. The highest BCUT2D eigenvalue weighted by Crippen LogP contribution is 2.32. The molecule has 0 radical (unpaired) electrons. The largest absolute Gasteiger partial charge is 0.465 e. The van der Waals surface area contributed by atoms with Gasteiger partial charge in [0.1, 0.15) is 11.6 Å². The van der Waals surface area contributed by atoms with Crippen molar-refractivity contribution >= 4 is 29.2 Å². The van der Waals surface area contributed by atoms with Crippen molar-refractivity contribution in [1.29, 1.82) is 0 Å². The van der Waals surface area contributed by atoms with Gasteiger partial charge >= 0.3 is 5.97 Å². The zero-order chi connectivity index (χ0) is 25.1. The van der Waals surface area contributed by atoms with Crippen LogP contribution in [0.25, 0.3) is 0 Å². The molecule has 0 saturated carbocycles. The number of furan rings is 1. The predicted molar refractivity (Wildman–Crippen MR) is 127 cm³/mol. The van der Waals surface area contributed by atoms with Crippen molar-refractivity contribution in [2.75, 3.05) is 19.1 Å². The van der Waals surface area contributed by atoms with E-state index in [1.807, 2.05) is 0 Å². The van der Waals surface area contributed by atoms with E-state index in [1.54, 1.807) is 38.2 Å².